The van der Waals surface area contributed by atoms with Gasteiger partial charge in [-0.2, -0.15) is 0 Å². The molecule has 0 spiro atoms. The van der Waals surface area contributed by atoms with E-state index < -0.39 is 5.97 Å². The van der Waals surface area contributed by atoms with E-state index in [4.69, 9.17) is 14.2 Å². The van der Waals surface area contributed by atoms with Crippen molar-refractivity contribution in [3.8, 4) is 11.5 Å². The zero-order chi connectivity index (χ0) is 16.5. The summed E-state index contributed by atoms with van der Waals surface area (Å²) >= 11 is 0. The number of ether oxygens (including phenoxy) is 3. The lowest BCUT2D eigenvalue weighted by Crippen LogP contribution is -2.12. The molecule has 0 aliphatic rings. The van der Waals surface area contributed by atoms with Crippen molar-refractivity contribution in [3.63, 3.8) is 0 Å². The van der Waals surface area contributed by atoms with E-state index in [9.17, 15) is 9.90 Å². The molecule has 0 aromatic heterocycles. The molecular formula is C17H24O5. The van der Waals surface area contributed by atoms with E-state index in [0.717, 1.165) is 12.8 Å². The minimum Gasteiger partial charge on any atom is -0.511 e. The quantitative estimate of drug-likeness (QED) is 0.450. The topological polar surface area (TPSA) is 65.0 Å². The van der Waals surface area contributed by atoms with Crippen LogP contribution in [0.15, 0.2) is 24.0 Å². The smallest absolute Gasteiger partial charge is 0.342 e. The summed E-state index contributed by atoms with van der Waals surface area (Å²) in [6.45, 7) is 3.96. The summed E-state index contributed by atoms with van der Waals surface area (Å²) in [5, 5.41) is 10.4. The first kappa shape index (κ1) is 17.9. The molecule has 1 N–H and O–H groups in total. The third-order valence-electron chi connectivity index (χ3n) is 3.21. The molecule has 1 aromatic rings. The molecule has 5 heteroatoms. The van der Waals surface area contributed by atoms with Crippen LogP contribution in [0.2, 0.25) is 0 Å². The lowest BCUT2D eigenvalue weighted by molar-refractivity contribution is -0.136. The predicted octanol–water partition coefficient (Wildman–Crippen LogP) is 3.73. The van der Waals surface area contributed by atoms with Gasteiger partial charge >= 0.3 is 5.97 Å². The van der Waals surface area contributed by atoms with Gasteiger partial charge in [-0.3, -0.25) is 0 Å². The zero-order valence-electron chi connectivity index (χ0n) is 13.6. The van der Waals surface area contributed by atoms with Crippen molar-refractivity contribution >= 4 is 11.5 Å². The van der Waals surface area contributed by atoms with E-state index in [-0.39, 0.29) is 17.9 Å². The molecule has 0 radical (unpaired) electrons. The molecule has 0 amide bonds. The Labute approximate surface area is 131 Å². The lowest BCUT2D eigenvalue weighted by Gasteiger charge is -2.16. The number of aliphatic hydroxyl groups is 1. The number of benzene rings is 1. The summed E-state index contributed by atoms with van der Waals surface area (Å²) in [5.41, 5.74) is 0.518. The highest BCUT2D eigenvalue weighted by atomic mass is 16.5. The van der Waals surface area contributed by atoms with Crippen LogP contribution in [-0.4, -0.2) is 31.9 Å². The van der Waals surface area contributed by atoms with Crippen molar-refractivity contribution in [2.24, 2.45) is 0 Å². The van der Waals surface area contributed by atoms with E-state index in [1.807, 2.05) is 6.92 Å². The fraction of sp³-hybridized carbons (Fsp3) is 0.471. The minimum absolute atomic E-state index is 0.0110. The van der Waals surface area contributed by atoms with Crippen LogP contribution in [0.5, 0.6) is 11.5 Å². The Morgan fingerprint density at radius 3 is 2.18 bits per heavy atom. The van der Waals surface area contributed by atoms with Gasteiger partial charge in [-0.25, -0.2) is 4.79 Å². The highest BCUT2D eigenvalue weighted by Gasteiger charge is 2.25. The summed E-state index contributed by atoms with van der Waals surface area (Å²) in [6, 6.07) is 5.18. The van der Waals surface area contributed by atoms with Crippen molar-refractivity contribution in [2.45, 2.75) is 33.1 Å². The molecule has 0 fully saturated rings. The number of rotatable bonds is 8. The zero-order valence-corrected chi connectivity index (χ0v) is 13.6. The second-order valence-electron chi connectivity index (χ2n) is 4.68. The summed E-state index contributed by atoms with van der Waals surface area (Å²) in [5.74, 6) is 0.304. The van der Waals surface area contributed by atoms with E-state index in [1.165, 1.54) is 14.2 Å². The van der Waals surface area contributed by atoms with Crippen LogP contribution in [-0.2, 0) is 9.53 Å². The lowest BCUT2D eigenvalue weighted by atomic mass is 10.00. The molecular weight excluding hydrogens is 284 g/mol. The number of esters is 1. The molecule has 0 atom stereocenters. The predicted molar refractivity (Wildman–Crippen MR) is 85.3 cm³/mol. The molecule has 0 saturated carbocycles. The van der Waals surface area contributed by atoms with Gasteiger partial charge in [0.1, 0.15) is 22.8 Å². The van der Waals surface area contributed by atoms with Gasteiger partial charge < -0.3 is 19.3 Å². The van der Waals surface area contributed by atoms with E-state index in [1.54, 1.807) is 25.1 Å². The first-order chi connectivity index (χ1) is 10.6. The number of carbonyl (C=O) groups is 1. The van der Waals surface area contributed by atoms with Gasteiger partial charge in [0.15, 0.2) is 0 Å². The van der Waals surface area contributed by atoms with Gasteiger partial charge in [-0.15, -0.1) is 0 Å². The fourth-order valence-electron chi connectivity index (χ4n) is 2.13. The van der Waals surface area contributed by atoms with E-state index >= 15 is 0 Å². The summed E-state index contributed by atoms with van der Waals surface area (Å²) in [7, 11) is 3.01. The van der Waals surface area contributed by atoms with Crippen LogP contribution >= 0.6 is 0 Å². The van der Waals surface area contributed by atoms with Crippen molar-refractivity contribution in [3.05, 3.63) is 29.5 Å². The number of hydrogen-bond acceptors (Lipinski definition) is 5. The number of allylic oxidation sites excluding steroid dienone is 1. The average Bonchev–Trinajstić information content (AvgIpc) is 2.53. The molecule has 0 aliphatic heterocycles. The molecule has 122 valence electrons. The van der Waals surface area contributed by atoms with Gasteiger partial charge in [-0.1, -0.05) is 19.4 Å². The molecule has 0 unspecified atom stereocenters. The highest BCUT2D eigenvalue weighted by molar-refractivity contribution is 6.18. The highest BCUT2D eigenvalue weighted by Crippen LogP contribution is 2.37. The Morgan fingerprint density at radius 2 is 1.73 bits per heavy atom. The number of aliphatic hydroxyl groups excluding tert-OH is 1. The molecule has 0 saturated heterocycles. The first-order valence-corrected chi connectivity index (χ1v) is 7.41. The molecule has 0 aliphatic carbocycles. The molecule has 22 heavy (non-hydrogen) atoms. The van der Waals surface area contributed by atoms with Gasteiger partial charge in [0, 0.05) is 6.42 Å². The first-order valence-electron chi connectivity index (χ1n) is 7.41. The summed E-state index contributed by atoms with van der Waals surface area (Å²) in [6.07, 6.45) is 2.07. The van der Waals surface area contributed by atoms with Crippen molar-refractivity contribution in [1.29, 1.82) is 0 Å². The Kier molecular flexibility index (Phi) is 7.29. The van der Waals surface area contributed by atoms with Crippen molar-refractivity contribution < 1.29 is 24.1 Å². The van der Waals surface area contributed by atoms with Crippen molar-refractivity contribution in [1.82, 2.24) is 0 Å². The normalized spacial score (nSPS) is 11.6. The van der Waals surface area contributed by atoms with Crippen LogP contribution in [0.1, 0.15) is 38.7 Å². The standard InChI is InChI=1S/C17H24O5/c1-5-7-9-12(18)15(17(19)22-6-2)16-13(20-3)10-8-11-14(16)21-4/h8,10-11,18H,5-7,9H2,1-4H3. The van der Waals surface area contributed by atoms with Crippen LogP contribution < -0.4 is 9.47 Å². The second-order valence-corrected chi connectivity index (χ2v) is 4.68. The van der Waals surface area contributed by atoms with Gasteiger partial charge in [-0.05, 0) is 25.5 Å². The molecule has 5 nitrogen and oxygen atoms in total. The minimum atomic E-state index is -0.584. The Morgan fingerprint density at radius 1 is 1.14 bits per heavy atom. The number of unbranched alkanes of at least 4 members (excludes halogenated alkanes) is 1. The van der Waals surface area contributed by atoms with Gasteiger partial charge in [0.05, 0.1) is 26.4 Å². The second kappa shape index (κ2) is 8.97. The van der Waals surface area contributed by atoms with Crippen LogP contribution in [0, 0.1) is 0 Å². The van der Waals surface area contributed by atoms with Crippen LogP contribution in [0.25, 0.3) is 5.57 Å². The summed E-state index contributed by atoms with van der Waals surface area (Å²) < 4.78 is 15.7. The number of methoxy groups -OCH3 is 2. The fourth-order valence-corrected chi connectivity index (χ4v) is 2.13. The Balaban J connectivity index is 3.48. The third kappa shape index (κ3) is 4.16. The maximum Gasteiger partial charge on any atom is 0.342 e. The van der Waals surface area contributed by atoms with Crippen LogP contribution in [0.4, 0.5) is 0 Å². The van der Waals surface area contributed by atoms with Gasteiger partial charge in [0.2, 0.25) is 0 Å². The third-order valence-corrected chi connectivity index (χ3v) is 3.21. The maximum atomic E-state index is 12.3. The maximum absolute atomic E-state index is 12.3. The SMILES string of the molecule is CCCCC(O)=C(C(=O)OCC)c1c(OC)cccc1OC. The largest absolute Gasteiger partial charge is 0.511 e. The Bertz CT molecular complexity index is 512. The molecule has 1 aromatic carbocycles. The van der Waals surface area contributed by atoms with E-state index in [0.29, 0.717) is 23.5 Å². The monoisotopic (exact) mass is 308 g/mol. The average molecular weight is 308 g/mol. The Hall–Kier alpha value is -2.17. The number of hydrogen-bond donors (Lipinski definition) is 1. The number of carbonyl (C=O) groups excluding carboxylic acids is 1. The summed E-state index contributed by atoms with van der Waals surface area (Å²) in [4.78, 5) is 12.3. The molecule has 1 rings (SSSR count). The van der Waals surface area contributed by atoms with Crippen LogP contribution in [0.3, 0.4) is 0 Å². The molecule has 0 heterocycles. The molecule has 0 bridgehead atoms. The van der Waals surface area contributed by atoms with Gasteiger partial charge in [0.25, 0.3) is 0 Å². The van der Waals surface area contributed by atoms with E-state index in [2.05, 4.69) is 0 Å². The van der Waals surface area contributed by atoms with Crippen molar-refractivity contribution in [2.75, 3.05) is 20.8 Å².